The van der Waals surface area contributed by atoms with E-state index in [0.717, 1.165) is 28.5 Å². The van der Waals surface area contributed by atoms with Crippen LogP contribution in [0.25, 0.3) is 83.4 Å². The van der Waals surface area contributed by atoms with Gasteiger partial charge in [0.2, 0.25) is 0 Å². The van der Waals surface area contributed by atoms with Crippen LogP contribution in [-0.2, 0) is 0 Å². The molecule has 0 saturated heterocycles. The number of aromatic nitrogens is 3. The normalized spacial score (nSPS) is 11.3. The molecule has 9 rings (SSSR count). The van der Waals surface area contributed by atoms with Crippen LogP contribution in [-0.4, -0.2) is 14.8 Å². The molecule has 0 amide bonds. The van der Waals surface area contributed by atoms with E-state index in [0.29, 0.717) is 0 Å². The minimum absolute atomic E-state index is 0.795. The van der Waals surface area contributed by atoms with E-state index < -0.39 is 0 Å². The lowest BCUT2D eigenvalue weighted by molar-refractivity contribution is 1.07. The van der Waals surface area contributed by atoms with Gasteiger partial charge in [-0.15, -0.1) is 10.2 Å². The van der Waals surface area contributed by atoms with Gasteiger partial charge in [0.1, 0.15) is 0 Å². The van der Waals surface area contributed by atoms with Gasteiger partial charge in [-0.2, -0.15) is 0 Å². The van der Waals surface area contributed by atoms with Gasteiger partial charge in [-0.3, -0.25) is 4.57 Å². The molecular formula is C46H31N3. The first-order valence-electron chi connectivity index (χ1n) is 16.6. The molecule has 3 nitrogen and oxygen atoms in total. The number of rotatable bonds is 6. The van der Waals surface area contributed by atoms with Crippen molar-refractivity contribution in [2.75, 3.05) is 0 Å². The highest BCUT2D eigenvalue weighted by Crippen LogP contribution is 2.45. The van der Waals surface area contributed by atoms with Crippen molar-refractivity contribution < 1.29 is 0 Å². The van der Waals surface area contributed by atoms with Gasteiger partial charge in [0, 0.05) is 16.8 Å². The van der Waals surface area contributed by atoms with Crippen molar-refractivity contribution in [2.45, 2.75) is 0 Å². The first kappa shape index (κ1) is 28.6. The highest BCUT2D eigenvalue weighted by atomic mass is 15.3. The summed E-state index contributed by atoms with van der Waals surface area (Å²) in [4.78, 5) is 0. The predicted octanol–water partition coefficient (Wildman–Crippen LogP) is 11.9. The molecule has 1 heterocycles. The molecule has 9 aromatic rings. The fourth-order valence-corrected chi connectivity index (χ4v) is 7.07. The van der Waals surface area contributed by atoms with Crippen LogP contribution in [0.1, 0.15) is 0 Å². The molecular weight excluding hydrogens is 595 g/mol. The standard InChI is InChI=1S/C46H31N3/c1-5-15-32(16-6-1)33-25-27-36(28-26-33)45-47-48-46(49(45)38-21-11-4-12-22-38)37-29-30-41-42(31-37)44(35-19-9-3-10-20-35)40-24-14-13-23-39(40)43(41)34-17-7-2-8-18-34/h1-31H. The molecule has 0 radical (unpaired) electrons. The Kier molecular flexibility index (Phi) is 7.14. The maximum absolute atomic E-state index is 4.88. The summed E-state index contributed by atoms with van der Waals surface area (Å²) in [6.07, 6.45) is 0. The highest BCUT2D eigenvalue weighted by molar-refractivity contribution is 6.21. The van der Waals surface area contributed by atoms with E-state index in [-0.39, 0.29) is 0 Å². The summed E-state index contributed by atoms with van der Waals surface area (Å²) < 4.78 is 2.18. The third-order valence-electron chi connectivity index (χ3n) is 9.33. The monoisotopic (exact) mass is 625 g/mol. The summed E-state index contributed by atoms with van der Waals surface area (Å²) in [5.74, 6) is 1.59. The molecule has 230 valence electrons. The third kappa shape index (κ3) is 5.09. The highest BCUT2D eigenvalue weighted by Gasteiger charge is 2.21. The van der Waals surface area contributed by atoms with Gasteiger partial charge in [0.05, 0.1) is 0 Å². The van der Waals surface area contributed by atoms with Gasteiger partial charge in [-0.05, 0) is 73.1 Å². The zero-order valence-electron chi connectivity index (χ0n) is 26.7. The minimum atomic E-state index is 0.795. The lowest BCUT2D eigenvalue weighted by Crippen LogP contribution is -2.00. The van der Waals surface area contributed by atoms with Gasteiger partial charge in [-0.25, -0.2) is 0 Å². The molecule has 0 bridgehead atoms. The lowest BCUT2D eigenvalue weighted by Gasteiger charge is -2.19. The molecule has 1 aromatic heterocycles. The molecule has 3 heteroatoms. The molecule has 0 N–H and O–H groups in total. The second-order valence-electron chi connectivity index (χ2n) is 12.2. The van der Waals surface area contributed by atoms with E-state index in [9.17, 15) is 0 Å². The van der Waals surface area contributed by atoms with Crippen LogP contribution in [0, 0.1) is 0 Å². The van der Waals surface area contributed by atoms with Crippen molar-refractivity contribution in [3.8, 4) is 61.8 Å². The molecule has 0 unspecified atom stereocenters. The fourth-order valence-electron chi connectivity index (χ4n) is 7.07. The number of benzene rings is 8. The molecule has 0 fully saturated rings. The van der Waals surface area contributed by atoms with E-state index in [1.54, 1.807) is 0 Å². The number of hydrogen-bond donors (Lipinski definition) is 0. The van der Waals surface area contributed by atoms with E-state index in [1.165, 1.54) is 54.9 Å². The van der Waals surface area contributed by atoms with E-state index >= 15 is 0 Å². The zero-order valence-corrected chi connectivity index (χ0v) is 26.7. The summed E-state index contributed by atoms with van der Waals surface area (Å²) in [7, 11) is 0. The Morgan fingerprint density at radius 1 is 0.286 bits per heavy atom. The summed E-state index contributed by atoms with van der Waals surface area (Å²) in [5.41, 5.74) is 10.2. The Balaban J connectivity index is 1.29. The van der Waals surface area contributed by atoms with Crippen LogP contribution in [0.2, 0.25) is 0 Å². The Hall–Kier alpha value is -6.58. The SMILES string of the molecule is c1ccc(-c2ccc(-c3nnc(-c4ccc5c(-c6ccccc6)c6ccccc6c(-c6ccccc6)c5c4)n3-c3ccccc3)cc2)cc1. The van der Waals surface area contributed by atoms with Gasteiger partial charge in [0.15, 0.2) is 11.6 Å². The van der Waals surface area contributed by atoms with Crippen LogP contribution < -0.4 is 0 Å². The van der Waals surface area contributed by atoms with Crippen molar-refractivity contribution in [2.24, 2.45) is 0 Å². The number of hydrogen-bond acceptors (Lipinski definition) is 2. The van der Waals surface area contributed by atoms with Crippen LogP contribution in [0.15, 0.2) is 188 Å². The summed E-state index contributed by atoms with van der Waals surface area (Å²) >= 11 is 0. The van der Waals surface area contributed by atoms with Crippen LogP contribution in [0.3, 0.4) is 0 Å². The van der Waals surface area contributed by atoms with Crippen molar-refractivity contribution in [1.82, 2.24) is 14.8 Å². The Morgan fingerprint density at radius 3 is 1.24 bits per heavy atom. The molecule has 0 aliphatic carbocycles. The quantitative estimate of drug-likeness (QED) is 0.172. The van der Waals surface area contributed by atoms with Crippen LogP contribution in [0.5, 0.6) is 0 Å². The van der Waals surface area contributed by atoms with Crippen molar-refractivity contribution in [3.05, 3.63) is 188 Å². The molecule has 8 aromatic carbocycles. The lowest BCUT2D eigenvalue weighted by atomic mass is 9.85. The summed E-state index contributed by atoms with van der Waals surface area (Å²) in [6.45, 7) is 0. The Labute approximate surface area is 285 Å². The van der Waals surface area contributed by atoms with Crippen LogP contribution >= 0.6 is 0 Å². The first-order valence-corrected chi connectivity index (χ1v) is 16.6. The predicted molar refractivity (Wildman–Crippen MR) is 204 cm³/mol. The molecule has 0 atom stereocenters. The van der Waals surface area contributed by atoms with Crippen molar-refractivity contribution >= 4 is 21.5 Å². The summed E-state index contributed by atoms with van der Waals surface area (Å²) in [5, 5.41) is 14.6. The van der Waals surface area contributed by atoms with Crippen LogP contribution in [0.4, 0.5) is 0 Å². The smallest absolute Gasteiger partial charge is 0.168 e. The average molecular weight is 626 g/mol. The molecule has 0 spiro atoms. The van der Waals surface area contributed by atoms with E-state index in [2.05, 4.69) is 180 Å². The molecule has 0 aliphatic rings. The fraction of sp³-hybridized carbons (Fsp3) is 0. The van der Waals surface area contributed by atoms with Crippen molar-refractivity contribution in [3.63, 3.8) is 0 Å². The maximum Gasteiger partial charge on any atom is 0.168 e. The zero-order chi connectivity index (χ0) is 32.6. The second kappa shape index (κ2) is 12.2. The van der Waals surface area contributed by atoms with Gasteiger partial charge in [0.25, 0.3) is 0 Å². The van der Waals surface area contributed by atoms with Gasteiger partial charge in [-0.1, -0.05) is 170 Å². The largest absolute Gasteiger partial charge is 0.275 e. The minimum Gasteiger partial charge on any atom is -0.275 e. The molecule has 0 saturated carbocycles. The summed E-state index contributed by atoms with van der Waals surface area (Å²) in [6, 6.07) is 66.5. The Morgan fingerprint density at radius 2 is 0.673 bits per heavy atom. The number of nitrogens with zero attached hydrogens (tertiary/aromatic N) is 3. The average Bonchev–Trinajstić information content (AvgIpc) is 3.63. The molecule has 0 aliphatic heterocycles. The third-order valence-corrected chi connectivity index (χ3v) is 9.33. The topological polar surface area (TPSA) is 30.7 Å². The number of fused-ring (bicyclic) bond motifs is 2. The number of para-hydroxylation sites is 1. The molecule has 49 heavy (non-hydrogen) atoms. The van der Waals surface area contributed by atoms with E-state index in [4.69, 9.17) is 10.2 Å². The Bertz CT molecular complexity index is 2560. The van der Waals surface area contributed by atoms with Crippen molar-refractivity contribution in [1.29, 1.82) is 0 Å². The van der Waals surface area contributed by atoms with Gasteiger partial charge >= 0.3 is 0 Å². The maximum atomic E-state index is 4.88. The first-order chi connectivity index (χ1) is 24.3. The van der Waals surface area contributed by atoms with E-state index in [1.807, 2.05) is 12.1 Å². The second-order valence-corrected chi connectivity index (χ2v) is 12.2. The van der Waals surface area contributed by atoms with Gasteiger partial charge < -0.3 is 0 Å².